The molecule has 8 heteroatoms. The highest BCUT2D eigenvalue weighted by Gasteiger charge is 2.19. The lowest BCUT2D eigenvalue weighted by Crippen LogP contribution is -2.29. The molecule has 3 aromatic rings. The van der Waals surface area contributed by atoms with Crippen molar-refractivity contribution in [1.82, 2.24) is 9.88 Å². The number of carbonyl (C=O) groups excluding carboxylic acids is 1. The number of aromatic nitrogens is 1. The summed E-state index contributed by atoms with van der Waals surface area (Å²) in [6.07, 6.45) is 0.995. The highest BCUT2D eigenvalue weighted by atomic mass is 16.5. The number of hydrogen-bond acceptors (Lipinski definition) is 6. The predicted molar refractivity (Wildman–Crippen MR) is 124 cm³/mol. The normalized spacial score (nSPS) is 14.8. The molecule has 32 heavy (non-hydrogen) atoms. The Morgan fingerprint density at radius 3 is 2.53 bits per heavy atom. The summed E-state index contributed by atoms with van der Waals surface area (Å²) in [6, 6.07) is 13.5. The summed E-state index contributed by atoms with van der Waals surface area (Å²) in [4.78, 5) is 33.7. The van der Waals surface area contributed by atoms with Gasteiger partial charge in [0.15, 0.2) is 0 Å². The van der Waals surface area contributed by atoms with Crippen LogP contribution in [0.2, 0.25) is 0 Å². The summed E-state index contributed by atoms with van der Waals surface area (Å²) in [5.41, 5.74) is 1.74. The van der Waals surface area contributed by atoms with Crippen molar-refractivity contribution in [3.63, 3.8) is 0 Å². The fourth-order valence-electron chi connectivity index (χ4n) is 3.85. The number of methoxy groups -OCH3 is 1. The Morgan fingerprint density at radius 2 is 1.81 bits per heavy atom. The third-order valence-corrected chi connectivity index (χ3v) is 5.68. The summed E-state index contributed by atoms with van der Waals surface area (Å²) in [6.45, 7) is 3.54. The van der Waals surface area contributed by atoms with Gasteiger partial charge in [-0.05, 0) is 68.5 Å². The van der Waals surface area contributed by atoms with Gasteiger partial charge in [0.2, 0.25) is 0 Å². The first kappa shape index (κ1) is 21.6. The van der Waals surface area contributed by atoms with E-state index in [9.17, 15) is 14.7 Å². The minimum Gasteiger partial charge on any atom is -0.497 e. The number of nitrogens with one attached hydrogen (secondary N) is 1. The summed E-state index contributed by atoms with van der Waals surface area (Å²) in [7, 11) is 3.65. The standard InChI is InChI=1S/C24H26N4O4/c1-27-10-3-11-28(13-12-27)22-15-20(24(30)31)19-14-17(6-9-21(19)26-22)25-23(29)16-4-7-18(32-2)8-5-16/h4-9,14-15H,3,10-13H2,1-2H3,(H,25,29)(H,30,31). The molecule has 2 N–H and O–H groups in total. The molecule has 1 fully saturated rings. The van der Waals surface area contributed by atoms with Gasteiger partial charge in [0.1, 0.15) is 11.6 Å². The van der Waals surface area contributed by atoms with E-state index in [2.05, 4.69) is 22.2 Å². The maximum Gasteiger partial charge on any atom is 0.336 e. The average Bonchev–Trinajstić information content (AvgIpc) is 3.02. The second-order valence-electron chi connectivity index (χ2n) is 7.89. The number of carboxylic acids is 1. The van der Waals surface area contributed by atoms with Crippen molar-refractivity contribution in [3.05, 3.63) is 59.7 Å². The Kier molecular flexibility index (Phi) is 6.23. The number of amides is 1. The summed E-state index contributed by atoms with van der Waals surface area (Å²) >= 11 is 0. The molecule has 1 aromatic heterocycles. The van der Waals surface area contributed by atoms with E-state index in [-0.39, 0.29) is 11.5 Å². The van der Waals surface area contributed by atoms with Crippen molar-refractivity contribution in [3.8, 4) is 5.75 Å². The molecule has 0 bridgehead atoms. The topological polar surface area (TPSA) is 95.0 Å². The summed E-state index contributed by atoms with van der Waals surface area (Å²) < 4.78 is 5.12. The maximum atomic E-state index is 12.6. The molecule has 1 aliphatic rings. The van der Waals surface area contributed by atoms with Gasteiger partial charge in [-0.3, -0.25) is 4.79 Å². The highest BCUT2D eigenvalue weighted by Crippen LogP contribution is 2.27. The Labute approximate surface area is 186 Å². The number of pyridine rings is 1. The molecule has 0 saturated carbocycles. The van der Waals surface area contributed by atoms with Crippen molar-refractivity contribution in [1.29, 1.82) is 0 Å². The van der Waals surface area contributed by atoms with Gasteiger partial charge in [-0.15, -0.1) is 0 Å². The zero-order valence-electron chi connectivity index (χ0n) is 18.2. The van der Waals surface area contributed by atoms with E-state index < -0.39 is 5.97 Å². The van der Waals surface area contributed by atoms with Crippen LogP contribution in [-0.2, 0) is 0 Å². The van der Waals surface area contributed by atoms with Crippen LogP contribution in [0.15, 0.2) is 48.5 Å². The molecule has 1 saturated heterocycles. The van der Waals surface area contributed by atoms with E-state index in [1.54, 1.807) is 55.6 Å². The van der Waals surface area contributed by atoms with E-state index >= 15 is 0 Å². The van der Waals surface area contributed by atoms with Crippen LogP contribution in [0.25, 0.3) is 10.9 Å². The van der Waals surface area contributed by atoms with Crippen LogP contribution in [-0.4, -0.2) is 67.2 Å². The SMILES string of the molecule is COc1ccc(C(=O)Nc2ccc3nc(N4CCCN(C)CC4)cc(C(=O)O)c3c2)cc1. The molecule has 2 heterocycles. The number of carbonyl (C=O) groups is 2. The number of anilines is 2. The molecule has 8 nitrogen and oxygen atoms in total. The Bertz CT molecular complexity index is 1150. The molecular formula is C24H26N4O4. The van der Waals surface area contributed by atoms with Gasteiger partial charge in [0.05, 0.1) is 18.2 Å². The predicted octanol–water partition coefficient (Wildman–Crippen LogP) is 3.34. The zero-order chi connectivity index (χ0) is 22.7. The highest BCUT2D eigenvalue weighted by molar-refractivity contribution is 6.08. The van der Waals surface area contributed by atoms with Crippen LogP contribution >= 0.6 is 0 Å². The van der Waals surface area contributed by atoms with Crippen molar-refractivity contribution in [2.45, 2.75) is 6.42 Å². The summed E-state index contributed by atoms with van der Waals surface area (Å²) in [5.74, 6) is 0.0165. The zero-order valence-corrected chi connectivity index (χ0v) is 18.2. The lowest BCUT2D eigenvalue weighted by atomic mass is 10.1. The average molecular weight is 434 g/mol. The smallest absolute Gasteiger partial charge is 0.336 e. The molecule has 2 aromatic carbocycles. The second-order valence-corrected chi connectivity index (χ2v) is 7.89. The lowest BCUT2D eigenvalue weighted by Gasteiger charge is -2.22. The number of benzene rings is 2. The molecule has 1 aliphatic heterocycles. The van der Waals surface area contributed by atoms with Crippen LogP contribution < -0.4 is 15.0 Å². The van der Waals surface area contributed by atoms with Gasteiger partial charge in [-0.1, -0.05) is 0 Å². The number of fused-ring (bicyclic) bond motifs is 1. The second kappa shape index (κ2) is 9.23. The Hall–Kier alpha value is -3.65. The number of nitrogens with zero attached hydrogens (tertiary/aromatic N) is 3. The number of carboxylic acid groups (broad SMARTS) is 1. The number of likely N-dealkylation sites (N-methyl/N-ethyl adjacent to an activating group) is 1. The van der Waals surface area contributed by atoms with E-state index in [1.165, 1.54) is 0 Å². The molecule has 0 aliphatic carbocycles. The van der Waals surface area contributed by atoms with Crippen molar-refractivity contribution in [2.24, 2.45) is 0 Å². The number of aromatic carboxylic acids is 1. The largest absolute Gasteiger partial charge is 0.497 e. The molecular weight excluding hydrogens is 408 g/mol. The summed E-state index contributed by atoms with van der Waals surface area (Å²) in [5, 5.41) is 13.2. The Morgan fingerprint density at radius 1 is 1.03 bits per heavy atom. The van der Waals surface area contributed by atoms with E-state index in [1.807, 2.05) is 0 Å². The van der Waals surface area contributed by atoms with Crippen LogP contribution in [0.5, 0.6) is 5.75 Å². The van der Waals surface area contributed by atoms with Crippen molar-refractivity contribution in [2.75, 3.05) is 50.6 Å². The third-order valence-electron chi connectivity index (χ3n) is 5.68. The minimum absolute atomic E-state index is 0.170. The van der Waals surface area contributed by atoms with E-state index in [0.717, 1.165) is 32.6 Å². The first-order chi connectivity index (χ1) is 15.4. The quantitative estimate of drug-likeness (QED) is 0.636. The number of ether oxygens (including phenoxy) is 1. The molecule has 0 atom stereocenters. The van der Waals surface area contributed by atoms with Crippen LogP contribution in [0.3, 0.4) is 0 Å². The van der Waals surface area contributed by atoms with Gasteiger partial charge < -0.3 is 25.0 Å². The minimum atomic E-state index is -1.02. The number of rotatable bonds is 5. The van der Waals surface area contributed by atoms with Crippen LogP contribution in [0, 0.1) is 0 Å². The maximum absolute atomic E-state index is 12.6. The van der Waals surface area contributed by atoms with Gasteiger partial charge in [-0.25, -0.2) is 9.78 Å². The Balaban J connectivity index is 1.63. The first-order valence-corrected chi connectivity index (χ1v) is 10.5. The molecule has 1 amide bonds. The monoisotopic (exact) mass is 434 g/mol. The molecule has 0 unspecified atom stereocenters. The van der Waals surface area contributed by atoms with E-state index in [0.29, 0.717) is 33.7 Å². The molecule has 4 rings (SSSR count). The first-order valence-electron chi connectivity index (χ1n) is 10.5. The fraction of sp³-hybridized carbons (Fsp3) is 0.292. The van der Waals surface area contributed by atoms with Gasteiger partial charge in [-0.2, -0.15) is 0 Å². The fourth-order valence-corrected chi connectivity index (χ4v) is 3.85. The van der Waals surface area contributed by atoms with Gasteiger partial charge in [0, 0.05) is 36.3 Å². The van der Waals surface area contributed by atoms with Crippen molar-refractivity contribution >= 4 is 34.3 Å². The van der Waals surface area contributed by atoms with Crippen molar-refractivity contribution < 1.29 is 19.4 Å². The van der Waals surface area contributed by atoms with Crippen LogP contribution in [0.4, 0.5) is 11.5 Å². The van der Waals surface area contributed by atoms with Gasteiger partial charge >= 0.3 is 5.97 Å². The molecule has 0 spiro atoms. The number of hydrogen-bond donors (Lipinski definition) is 2. The molecule has 0 radical (unpaired) electrons. The van der Waals surface area contributed by atoms with Crippen LogP contribution in [0.1, 0.15) is 27.1 Å². The molecule has 166 valence electrons. The van der Waals surface area contributed by atoms with Gasteiger partial charge in [0.25, 0.3) is 5.91 Å². The lowest BCUT2D eigenvalue weighted by molar-refractivity contribution is 0.0698. The van der Waals surface area contributed by atoms with E-state index in [4.69, 9.17) is 9.72 Å². The third kappa shape index (κ3) is 4.65.